The molecule has 0 saturated heterocycles. The van der Waals surface area contributed by atoms with Crippen LogP contribution in [0.15, 0.2) is 53.3 Å². The lowest BCUT2D eigenvalue weighted by molar-refractivity contribution is -0.123. The highest BCUT2D eigenvalue weighted by Crippen LogP contribution is 2.19. The third kappa shape index (κ3) is 3.19. The fraction of sp³-hybridized carbons (Fsp3) is 0.222. The van der Waals surface area contributed by atoms with E-state index < -0.39 is 6.04 Å². The van der Waals surface area contributed by atoms with Crippen molar-refractivity contribution >= 4 is 27.5 Å². The van der Waals surface area contributed by atoms with E-state index in [-0.39, 0.29) is 11.5 Å². The van der Waals surface area contributed by atoms with Gasteiger partial charge in [-0.3, -0.25) is 13.5 Å². The Kier molecular flexibility index (Phi) is 4.66. The number of fused-ring (bicyclic) bond motifs is 1. The predicted molar refractivity (Wildman–Crippen MR) is 95.6 cm³/mol. The summed E-state index contributed by atoms with van der Waals surface area (Å²) < 4.78 is 7.57. The summed E-state index contributed by atoms with van der Waals surface area (Å²) in [6, 6.07) is 14.3. The topological polar surface area (TPSA) is 60.3 Å². The smallest absolute Gasteiger partial charge is 0.269 e. The maximum Gasteiger partial charge on any atom is 0.269 e. The molecule has 0 saturated carbocycles. The summed E-state index contributed by atoms with van der Waals surface area (Å²) in [6.45, 7) is 2.12. The van der Waals surface area contributed by atoms with Gasteiger partial charge in [-0.1, -0.05) is 35.8 Å². The van der Waals surface area contributed by atoms with Gasteiger partial charge in [-0.05, 0) is 36.8 Å². The molecule has 0 unspecified atom stereocenters. The van der Waals surface area contributed by atoms with Crippen LogP contribution in [-0.2, 0) is 11.3 Å². The Morgan fingerprint density at radius 3 is 2.79 bits per heavy atom. The van der Waals surface area contributed by atoms with Crippen molar-refractivity contribution in [2.24, 2.45) is 0 Å². The molecule has 3 aromatic rings. The van der Waals surface area contributed by atoms with Crippen LogP contribution in [0.2, 0.25) is 0 Å². The van der Waals surface area contributed by atoms with Crippen LogP contribution in [0.3, 0.4) is 0 Å². The number of hydrogen-bond donors (Lipinski definition) is 1. The molecule has 5 nitrogen and oxygen atoms in total. The SMILES string of the molecule is COc1cccc(CNC(=O)[C@H](C)n2sc3ccccc3c2=O)c1. The van der Waals surface area contributed by atoms with Gasteiger partial charge in [0.15, 0.2) is 0 Å². The first-order valence-electron chi connectivity index (χ1n) is 7.61. The van der Waals surface area contributed by atoms with Crippen LogP contribution in [0.25, 0.3) is 10.1 Å². The highest BCUT2D eigenvalue weighted by atomic mass is 32.1. The van der Waals surface area contributed by atoms with Gasteiger partial charge in [0, 0.05) is 6.54 Å². The molecule has 1 heterocycles. The Labute approximate surface area is 143 Å². The lowest BCUT2D eigenvalue weighted by Gasteiger charge is -2.12. The molecule has 2 aromatic carbocycles. The third-order valence-electron chi connectivity index (χ3n) is 3.85. The Hall–Kier alpha value is -2.60. The largest absolute Gasteiger partial charge is 0.497 e. The van der Waals surface area contributed by atoms with Crippen molar-refractivity contribution in [3.63, 3.8) is 0 Å². The van der Waals surface area contributed by atoms with Crippen LogP contribution >= 0.6 is 11.5 Å². The number of hydrogen-bond acceptors (Lipinski definition) is 4. The van der Waals surface area contributed by atoms with E-state index in [2.05, 4.69) is 5.32 Å². The zero-order valence-corrected chi connectivity index (χ0v) is 14.3. The molecule has 1 atom stereocenters. The minimum atomic E-state index is -0.555. The van der Waals surface area contributed by atoms with Gasteiger partial charge in [0.2, 0.25) is 5.91 Å². The first kappa shape index (κ1) is 16.3. The zero-order chi connectivity index (χ0) is 17.1. The average molecular weight is 342 g/mol. The van der Waals surface area contributed by atoms with E-state index in [9.17, 15) is 9.59 Å². The molecular weight excluding hydrogens is 324 g/mol. The molecule has 3 rings (SSSR count). The van der Waals surface area contributed by atoms with Crippen LogP contribution in [0.5, 0.6) is 5.75 Å². The minimum Gasteiger partial charge on any atom is -0.497 e. The molecule has 1 N–H and O–H groups in total. The van der Waals surface area contributed by atoms with E-state index in [0.717, 1.165) is 16.0 Å². The Balaban J connectivity index is 1.74. The van der Waals surface area contributed by atoms with E-state index >= 15 is 0 Å². The van der Waals surface area contributed by atoms with Crippen LogP contribution in [-0.4, -0.2) is 17.0 Å². The second-order valence-electron chi connectivity index (χ2n) is 5.46. The fourth-order valence-corrected chi connectivity index (χ4v) is 3.51. The summed E-state index contributed by atoms with van der Waals surface area (Å²) in [5.41, 5.74) is 0.818. The first-order valence-corrected chi connectivity index (χ1v) is 8.38. The molecule has 124 valence electrons. The summed E-state index contributed by atoms with van der Waals surface area (Å²) in [4.78, 5) is 24.8. The normalized spacial score (nSPS) is 12.1. The quantitative estimate of drug-likeness (QED) is 0.775. The monoisotopic (exact) mass is 342 g/mol. The van der Waals surface area contributed by atoms with Crippen LogP contribution in [0, 0.1) is 0 Å². The van der Waals surface area contributed by atoms with Crippen LogP contribution < -0.4 is 15.6 Å². The second kappa shape index (κ2) is 6.88. The van der Waals surface area contributed by atoms with E-state index in [4.69, 9.17) is 4.74 Å². The number of benzene rings is 2. The second-order valence-corrected chi connectivity index (χ2v) is 6.48. The summed E-state index contributed by atoms with van der Waals surface area (Å²) in [7, 11) is 1.60. The molecule has 0 fully saturated rings. The molecule has 0 aliphatic heterocycles. The number of carbonyl (C=O) groups excluding carboxylic acids is 1. The predicted octanol–water partition coefficient (Wildman–Crippen LogP) is 2.95. The number of ether oxygens (including phenoxy) is 1. The molecule has 1 aromatic heterocycles. The van der Waals surface area contributed by atoms with Gasteiger partial charge < -0.3 is 10.1 Å². The molecule has 0 radical (unpaired) electrons. The van der Waals surface area contributed by atoms with E-state index in [0.29, 0.717) is 11.9 Å². The molecular formula is C18H18N2O3S. The average Bonchev–Trinajstić information content (AvgIpc) is 2.96. The van der Waals surface area contributed by atoms with Crippen molar-refractivity contribution in [2.45, 2.75) is 19.5 Å². The number of nitrogens with one attached hydrogen (secondary N) is 1. The van der Waals surface area contributed by atoms with Crippen molar-refractivity contribution in [3.8, 4) is 5.75 Å². The highest BCUT2D eigenvalue weighted by molar-refractivity contribution is 7.14. The molecule has 0 spiro atoms. The Morgan fingerprint density at radius 1 is 1.25 bits per heavy atom. The zero-order valence-electron chi connectivity index (χ0n) is 13.5. The summed E-state index contributed by atoms with van der Waals surface area (Å²) in [5, 5.41) is 3.52. The van der Waals surface area contributed by atoms with Gasteiger partial charge >= 0.3 is 0 Å². The van der Waals surface area contributed by atoms with Gasteiger partial charge in [0.05, 0.1) is 17.2 Å². The number of aromatic nitrogens is 1. The molecule has 0 aliphatic carbocycles. The number of methoxy groups -OCH3 is 1. The molecule has 0 aliphatic rings. The van der Waals surface area contributed by atoms with Gasteiger partial charge in [0.1, 0.15) is 11.8 Å². The van der Waals surface area contributed by atoms with Crippen LogP contribution in [0.1, 0.15) is 18.5 Å². The van der Waals surface area contributed by atoms with Crippen molar-refractivity contribution in [1.29, 1.82) is 0 Å². The Bertz CT molecular complexity index is 929. The van der Waals surface area contributed by atoms with Crippen molar-refractivity contribution < 1.29 is 9.53 Å². The maximum absolute atomic E-state index is 12.4. The lowest BCUT2D eigenvalue weighted by atomic mass is 10.2. The lowest BCUT2D eigenvalue weighted by Crippen LogP contribution is -2.33. The fourth-order valence-electron chi connectivity index (χ4n) is 2.47. The third-order valence-corrected chi connectivity index (χ3v) is 5.08. The molecule has 6 heteroatoms. The van der Waals surface area contributed by atoms with E-state index in [1.807, 2.05) is 42.5 Å². The highest BCUT2D eigenvalue weighted by Gasteiger charge is 2.19. The van der Waals surface area contributed by atoms with Gasteiger partial charge in [0.25, 0.3) is 5.56 Å². The molecule has 0 bridgehead atoms. The number of rotatable bonds is 5. The van der Waals surface area contributed by atoms with E-state index in [1.165, 1.54) is 15.5 Å². The van der Waals surface area contributed by atoms with Crippen LogP contribution in [0.4, 0.5) is 0 Å². The standard InChI is InChI=1S/C18H18N2O3S/c1-12(20-18(22)15-8-3-4-9-16(15)24-20)17(21)19-11-13-6-5-7-14(10-13)23-2/h3-10,12H,11H2,1-2H3,(H,19,21)/t12-/m0/s1. The van der Waals surface area contributed by atoms with Gasteiger partial charge in [-0.2, -0.15) is 0 Å². The minimum absolute atomic E-state index is 0.125. The van der Waals surface area contributed by atoms with Crippen molar-refractivity contribution in [3.05, 3.63) is 64.4 Å². The number of nitrogens with zero attached hydrogens (tertiary/aromatic N) is 1. The summed E-state index contributed by atoms with van der Waals surface area (Å²) in [6.07, 6.45) is 0. The summed E-state index contributed by atoms with van der Waals surface area (Å²) in [5.74, 6) is 0.557. The van der Waals surface area contributed by atoms with Gasteiger partial charge in [-0.25, -0.2) is 0 Å². The molecule has 24 heavy (non-hydrogen) atoms. The van der Waals surface area contributed by atoms with Crippen molar-refractivity contribution in [2.75, 3.05) is 7.11 Å². The number of carbonyl (C=O) groups is 1. The molecule has 1 amide bonds. The number of amides is 1. The maximum atomic E-state index is 12.4. The Morgan fingerprint density at radius 2 is 2.04 bits per heavy atom. The van der Waals surface area contributed by atoms with E-state index in [1.54, 1.807) is 20.1 Å². The summed E-state index contributed by atoms with van der Waals surface area (Å²) >= 11 is 1.31. The first-order chi connectivity index (χ1) is 11.6. The van der Waals surface area contributed by atoms with Gasteiger partial charge in [-0.15, -0.1) is 0 Å². The van der Waals surface area contributed by atoms with Crippen molar-refractivity contribution in [1.82, 2.24) is 9.27 Å².